The van der Waals surface area contributed by atoms with Crippen LogP contribution < -0.4 is 26.9 Å². The number of nitrogens with one attached hydrogen (secondary N) is 1. The predicted molar refractivity (Wildman–Crippen MR) is 58.3 cm³/mol. The minimum atomic E-state index is -3.18. The van der Waals surface area contributed by atoms with Gasteiger partial charge in [-0.2, -0.15) is 8.78 Å². The monoisotopic (exact) mass is 280 g/mol. The number of aliphatic hydroxyl groups is 1. The van der Waals surface area contributed by atoms with Gasteiger partial charge in [-0.25, -0.2) is 25.9 Å². The van der Waals surface area contributed by atoms with Crippen LogP contribution in [0, 0.1) is 5.82 Å². The number of carbonyl (C=O) groups excluding carboxylic acids is 1. The van der Waals surface area contributed by atoms with Crippen LogP contribution in [0.4, 0.5) is 23.7 Å². The van der Waals surface area contributed by atoms with Gasteiger partial charge in [-0.05, 0) is 12.1 Å². The molecule has 0 aromatic heterocycles. The highest BCUT2D eigenvalue weighted by Crippen LogP contribution is 2.32. The number of nitrogens with zero attached hydrogens (tertiary/aromatic N) is 1. The van der Waals surface area contributed by atoms with E-state index in [9.17, 15) is 18.0 Å². The first kappa shape index (κ1) is 15.0. The Labute approximate surface area is 105 Å². The lowest BCUT2D eigenvalue weighted by Crippen LogP contribution is -2.48. The zero-order chi connectivity index (χ0) is 14.6. The second-order valence-electron chi connectivity index (χ2n) is 3.23. The lowest BCUT2D eigenvalue weighted by atomic mass is 10.1. The van der Waals surface area contributed by atoms with E-state index in [1.807, 2.05) is 0 Å². The molecule has 0 unspecified atom stereocenters. The summed E-state index contributed by atoms with van der Waals surface area (Å²) >= 11 is 0. The molecule has 0 saturated heterocycles. The second-order valence-corrected chi connectivity index (χ2v) is 3.23. The summed E-state index contributed by atoms with van der Waals surface area (Å²) in [7, 11) is 0. The summed E-state index contributed by atoms with van der Waals surface area (Å²) in [4.78, 5) is 11.2. The molecule has 19 heavy (non-hydrogen) atoms. The Morgan fingerprint density at radius 1 is 1.53 bits per heavy atom. The van der Waals surface area contributed by atoms with Crippen molar-refractivity contribution >= 4 is 11.7 Å². The lowest BCUT2D eigenvalue weighted by Gasteiger charge is -2.21. The van der Waals surface area contributed by atoms with Crippen LogP contribution in [-0.2, 0) is 6.61 Å². The number of hydrogen-bond donors (Lipinski definition) is 4. The molecule has 1 aromatic carbocycles. The number of rotatable bonds is 4. The number of benzene rings is 1. The maximum atomic E-state index is 13.6. The fourth-order valence-corrected chi connectivity index (χ4v) is 1.38. The molecule has 0 radical (unpaired) electrons. The van der Waals surface area contributed by atoms with Crippen molar-refractivity contribution in [3.63, 3.8) is 0 Å². The average Bonchev–Trinajstić information content (AvgIpc) is 2.38. The molecule has 0 aliphatic rings. The van der Waals surface area contributed by atoms with E-state index in [1.165, 1.54) is 0 Å². The van der Waals surface area contributed by atoms with Crippen molar-refractivity contribution in [1.82, 2.24) is 5.43 Å². The molecule has 0 fully saturated rings. The molecule has 0 aliphatic heterocycles. The van der Waals surface area contributed by atoms with Crippen molar-refractivity contribution in [2.45, 2.75) is 13.2 Å². The summed E-state index contributed by atoms with van der Waals surface area (Å²) in [5, 5.41) is 9.34. The van der Waals surface area contributed by atoms with Gasteiger partial charge in [0.2, 0.25) is 0 Å². The fraction of sp³-hybridized carbons (Fsp3) is 0.222. The molecule has 0 spiro atoms. The highest BCUT2D eigenvalue weighted by molar-refractivity contribution is 5.91. The molecule has 0 aliphatic carbocycles. The van der Waals surface area contributed by atoms with Crippen molar-refractivity contribution in [2.24, 2.45) is 11.7 Å². The smallest absolute Gasteiger partial charge is 0.387 e. The predicted octanol–water partition coefficient (Wildman–Crippen LogP) is 0.183. The molecule has 106 valence electrons. The number of anilines is 1. The largest absolute Gasteiger partial charge is 0.434 e. The molecule has 1 aromatic rings. The molecule has 10 heteroatoms. The van der Waals surface area contributed by atoms with Gasteiger partial charge in [0, 0.05) is 5.56 Å². The first-order valence-corrected chi connectivity index (χ1v) is 4.84. The molecular weight excluding hydrogens is 269 g/mol. The number of hydrogen-bond acceptors (Lipinski definition) is 5. The number of halogens is 3. The van der Waals surface area contributed by atoms with Crippen LogP contribution >= 0.6 is 0 Å². The van der Waals surface area contributed by atoms with Crippen LogP contribution in [-0.4, -0.2) is 17.7 Å². The Bertz CT molecular complexity index is 472. The van der Waals surface area contributed by atoms with E-state index < -0.39 is 42.1 Å². The van der Waals surface area contributed by atoms with Crippen LogP contribution in [0.5, 0.6) is 5.75 Å². The number of hydrazine groups is 2. The molecule has 2 amide bonds. The maximum absolute atomic E-state index is 13.6. The standard InChI is InChI=1S/C9H11F3N4O3/c10-5-1-2-6(19-8(11)12)4(3-17)7(5)16(14)9(18)15-13/h1-2,8,17H,3,13-14H2,(H,15,18). The summed E-state index contributed by atoms with van der Waals surface area (Å²) in [6.45, 7) is -4.06. The Hall–Kier alpha value is -2.04. The molecular formula is C9H11F3N4O3. The van der Waals surface area contributed by atoms with Gasteiger partial charge in [0.15, 0.2) is 0 Å². The van der Waals surface area contributed by atoms with Crippen LogP contribution in [0.25, 0.3) is 0 Å². The Morgan fingerprint density at radius 3 is 2.63 bits per heavy atom. The number of urea groups is 1. The molecule has 6 N–H and O–H groups in total. The van der Waals surface area contributed by atoms with Gasteiger partial charge in [-0.1, -0.05) is 0 Å². The first-order valence-electron chi connectivity index (χ1n) is 4.84. The fourth-order valence-electron chi connectivity index (χ4n) is 1.38. The topological polar surface area (TPSA) is 114 Å². The van der Waals surface area contributed by atoms with E-state index in [4.69, 9.17) is 16.8 Å². The van der Waals surface area contributed by atoms with E-state index in [1.54, 1.807) is 5.43 Å². The zero-order valence-electron chi connectivity index (χ0n) is 9.44. The highest BCUT2D eigenvalue weighted by Gasteiger charge is 2.23. The Kier molecular flexibility index (Phi) is 4.92. The number of ether oxygens (including phenoxy) is 1. The van der Waals surface area contributed by atoms with Crippen LogP contribution in [0.15, 0.2) is 12.1 Å². The third-order valence-corrected chi connectivity index (χ3v) is 2.15. The van der Waals surface area contributed by atoms with E-state index in [0.29, 0.717) is 0 Å². The van der Waals surface area contributed by atoms with Gasteiger partial charge < -0.3 is 9.84 Å². The van der Waals surface area contributed by atoms with E-state index in [-0.39, 0.29) is 5.01 Å². The van der Waals surface area contributed by atoms with Gasteiger partial charge in [0.05, 0.1) is 6.61 Å². The van der Waals surface area contributed by atoms with Gasteiger partial charge >= 0.3 is 12.6 Å². The quantitative estimate of drug-likeness (QED) is 0.357. The first-order chi connectivity index (χ1) is 8.92. The van der Waals surface area contributed by atoms with Gasteiger partial charge in [-0.15, -0.1) is 0 Å². The van der Waals surface area contributed by atoms with Crippen LogP contribution in [0.3, 0.4) is 0 Å². The van der Waals surface area contributed by atoms with Crippen LogP contribution in [0.2, 0.25) is 0 Å². The number of nitrogens with two attached hydrogens (primary N) is 2. The molecule has 0 atom stereocenters. The Morgan fingerprint density at radius 2 is 2.16 bits per heavy atom. The van der Waals surface area contributed by atoms with E-state index in [0.717, 1.165) is 12.1 Å². The molecule has 7 nitrogen and oxygen atoms in total. The highest BCUT2D eigenvalue weighted by atomic mass is 19.3. The summed E-state index contributed by atoms with van der Waals surface area (Å²) in [6, 6.07) is 0.531. The number of amides is 2. The summed E-state index contributed by atoms with van der Waals surface area (Å²) in [5.41, 5.74) is 0.594. The van der Waals surface area contributed by atoms with Gasteiger partial charge in [-0.3, -0.25) is 5.43 Å². The third-order valence-electron chi connectivity index (χ3n) is 2.15. The Balaban J connectivity index is 3.31. The lowest BCUT2D eigenvalue weighted by molar-refractivity contribution is -0.0509. The minimum absolute atomic E-state index is 0.235. The third kappa shape index (κ3) is 3.24. The zero-order valence-corrected chi connectivity index (χ0v) is 9.44. The van der Waals surface area contributed by atoms with Crippen molar-refractivity contribution in [2.75, 3.05) is 5.01 Å². The van der Waals surface area contributed by atoms with Crippen LogP contribution in [0.1, 0.15) is 5.56 Å². The SMILES string of the molecule is NNC(=O)N(N)c1c(F)ccc(OC(F)F)c1CO. The summed E-state index contributed by atoms with van der Waals surface area (Å²) < 4.78 is 42.0. The van der Waals surface area contributed by atoms with Gasteiger partial charge in [0.25, 0.3) is 0 Å². The maximum Gasteiger partial charge on any atom is 0.387 e. The number of aliphatic hydroxyl groups excluding tert-OH is 1. The van der Waals surface area contributed by atoms with Crippen molar-refractivity contribution in [3.05, 3.63) is 23.5 Å². The normalized spacial score (nSPS) is 10.5. The summed E-state index contributed by atoms with van der Waals surface area (Å²) in [5.74, 6) is 8.56. The molecule has 0 bridgehead atoms. The van der Waals surface area contributed by atoms with Gasteiger partial charge in [0.1, 0.15) is 17.3 Å². The molecule has 0 saturated carbocycles. The average molecular weight is 280 g/mol. The van der Waals surface area contributed by atoms with Crippen molar-refractivity contribution in [3.8, 4) is 5.75 Å². The summed E-state index contributed by atoms with van der Waals surface area (Å²) in [6.07, 6.45) is 0. The molecule has 1 rings (SSSR count). The van der Waals surface area contributed by atoms with E-state index in [2.05, 4.69) is 4.74 Å². The minimum Gasteiger partial charge on any atom is -0.434 e. The van der Waals surface area contributed by atoms with Crippen molar-refractivity contribution in [1.29, 1.82) is 0 Å². The second kappa shape index (κ2) is 6.22. The molecule has 0 heterocycles. The van der Waals surface area contributed by atoms with Crippen molar-refractivity contribution < 1.29 is 27.8 Å². The number of carbonyl (C=O) groups is 1. The van der Waals surface area contributed by atoms with E-state index >= 15 is 0 Å². The number of alkyl halides is 2.